The Labute approximate surface area is 174 Å². The van der Waals surface area contributed by atoms with Gasteiger partial charge in [-0.2, -0.15) is 0 Å². The molecule has 2 N–H and O–H groups in total. The minimum Gasteiger partial charge on any atom is -0.378 e. The van der Waals surface area contributed by atoms with Crippen LogP contribution in [0.4, 0.5) is 4.39 Å². The zero-order chi connectivity index (χ0) is 20.3. The first-order valence-corrected chi connectivity index (χ1v) is 11.2. The number of halogens is 1. The molecule has 1 heterocycles. The lowest BCUT2D eigenvalue weighted by molar-refractivity contribution is -0.168. The summed E-state index contributed by atoms with van der Waals surface area (Å²) in [7, 11) is 1.87. The predicted octanol–water partition coefficient (Wildman–Crippen LogP) is 3.30. The molecule has 3 fully saturated rings. The Morgan fingerprint density at radius 2 is 1.93 bits per heavy atom. The zero-order valence-corrected chi connectivity index (χ0v) is 17.8. The summed E-state index contributed by atoms with van der Waals surface area (Å²) < 4.78 is 19.1. The van der Waals surface area contributed by atoms with E-state index < -0.39 is 0 Å². The molecule has 5 nitrogen and oxygen atoms in total. The number of rotatable bonds is 6. The molecule has 160 valence electrons. The van der Waals surface area contributed by atoms with Gasteiger partial charge in [0.15, 0.2) is 5.96 Å². The fraction of sp³-hybridized carbons (Fsp3) is 0.696. The monoisotopic (exact) mass is 402 g/mol. The fourth-order valence-electron chi connectivity index (χ4n) is 5.25. The molecule has 0 aromatic heterocycles. The summed E-state index contributed by atoms with van der Waals surface area (Å²) in [5, 5.41) is 7.35. The van der Waals surface area contributed by atoms with Crippen LogP contribution in [0.15, 0.2) is 29.3 Å². The Morgan fingerprint density at radius 1 is 1.21 bits per heavy atom. The molecule has 1 spiro atoms. The SMILES string of the molecule is CCOC1CC(NC(=NC)NC2CCN(Cc3ccc(F)cc3)CC2)C12CCC2. The summed E-state index contributed by atoms with van der Waals surface area (Å²) in [5.74, 6) is 0.770. The van der Waals surface area contributed by atoms with Crippen molar-refractivity contribution in [3.8, 4) is 0 Å². The van der Waals surface area contributed by atoms with Crippen molar-refractivity contribution in [3.63, 3.8) is 0 Å². The van der Waals surface area contributed by atoms with Gasteiger partial charge >= 0.3 is 0 Å². The quantitative estimate of drug-likeness (QED) is 0.566. The lowest BCUT2D eigenvalue weighted by Crippen LogP contribution is -2.69. The molecule has 4 rings (SSSR count). The smallest absolute Gasteiger partial charge is 0.191 e. The van der Waals surface area contributed by atoms with E-state index in [4.69, 9.17) is 4.74 Å². The van der Waals surface area contributed by atoms with E-state index in [0.717, 1.165) is 51.5 Å². The van der Waals surface area contributed by atoms with E-state index >= 15 is 0 Å². The van der Waals surface area contributed by atoms with Crippen molar-refractivity contribution in [2.45, 2.75) is 70.2 Å². The molecule has 2 aliphatic carbocycles. The molecule has 0 bridgehead atoms. The number of hydrogen-bond acceptors (Lipinski definition) is 3. The minimum atomic E-state index is -0.168. The average molecular weight is 403 g/mol. The number of piperidine rings is 1. The summed E-state index contributed by atoms with van der Waals surface area (Å²) in [6.07, 6.45) is 7.57. The van der Waals surface area contributed by atoms with Crippen LogP contribution in [0.5, 0.6) is 0 Å². The van der Waals surface area contributed by atoms with E-state index in [-0.39, 0.29) is 5.82 Å². The van der Waals surface area contributed by atoms with Gasteiger partial charge in [0, 0.05) is 50.8 Å². The van der Waals surface area contributed by atoms with Crippen LogP contribution in [0.2, 0.25) is 0 Å². The largest absolute Gasteiger partial charge is 0.378 e. The second-order valence-corrected chi connectivity index (χ2v) is 8.86. The maximum absolute atomic E-state index is 13.1. The summed E-state index contributed by atoms with van der Waals surface area (Å²) >= 11 is 0. The fourth-order valence-corrected chi connectivity index (χ4v) is 5.25. The van der Waals surface area contributed by atoms with Crippen LogP contribution in [0.25, 0.3) is 0 Å². The molecule has 1 aliphatic heterocycles. The third-order valence-corrected chi connectivity index (χ3v) is 7.22. The van der Waals surface area contributed by atoms with Crippen LogP contribution < -0.4 is 10.6 Å². The van der Waals surface area contributed by atoms with Gasteiger partial charge in [-0.1, -0.05) is 18.6 Å². The highest BCUT2D eigenvalue weighted by atomic mass is 19.1. The molecule has 2 unspecified atom stereocenters. The summed E-state index contributed by atoms with van der Waals surface area (Å²) in [4.78, 5) is 6.95. The minimum absolute atomic E-state index is 0.168. The number of nitrogens with zero attached hydrogens (tertiary/aromatic N) is 2. The Bertz CT molecular complexity index is 695. The average Bonchev–Trinajstić information content (AvgIpc) is 2.68. The highest BCUT2D eigenvalue weighted by Crippen LogP contribution is 2.57. The van der Waals surface area contributed by atoms with Crippen molar-refractivity contribution >= 4 is 5.96 Å². The topological polar surface area (TPSA) is 48.9 Å². The van der Waals surface area contributed by atoms with Gasteiger partial charge in [0.1, 0.15) is 5.82 Å². The molecule has 1 saturated heterocycles. The lowest BCUT2D eigenvalue weighted by atomic mass is 9.51. The van der Waals surface area contributed by atoms with Gasteiger partial charge in [-0.25, -0.2) is 4.39 Å². The summed E-state index contributed by atoms with van der Waals surface area (Å²) in [6, 6.07) is 7.80. The molecule has 2 saturated carbocycles. The van der Waals surface area contributed by atoms with Crippen LogP contribution in [-0.4, -0.2) is 55.8 Å². The van der Waals surface area contributed by atoms with Crippen molar-refractivity contribution in [3.05, 3.63) is 35.6 Å². The van der Waals surface area contributed by atoms with Crippen molar-refractivity contribution in [1.82, 2.24) is 15.5 Å². The molecule has 1 aromatic carbocycles. The Morgan fingerprint density at radius 3 is 2.52 bits per heavy atom. The molecule has 1 aromatic rings. The van der Waals surface area contributed by atoms with E-state index in [9.17, 15) is 4.39 Å². The second kappa shape index (κ2) is 9.00. The van der Waals surface area contributed by atoms with Crippen LogP contribution in [0, 0.1) is 11.2 Å². The first kappa shape index (κ1) is 20.6. The Kier molecular flexibility index (Phi) is 6.40. The number of ether oxygens (including phenoxy) is 1. The first-order chi connectivity index (χ1) is 14.1. The third kappa shape index (κ3) is 4.43. The summed E-state index contributed by atoms with van der Waals surface area (Å²) in [5.41, 5.74) is 1.52. The maximum atomic E-state index is 13.1. The third-order valence-electron chi connectivity index (χ3n) is 7.22. The van der Waals surface area contributed by atoms with Gasteiger partial charge in [0.2, 0.25) is 0 Å². The van der Waals surface area contributed by atoms with Gasteiger partial charge in [-0.15, -0.1) is 0 Å². The number of likely N-dealkylation sites (tertiary alicyclic amines) is 1. The highest BCUT2D eigenvalue weighted by molar-refractivity contribution is 5.80. The lowest BCUT2D eigenvalue weighted by Gasteiger charge is -2.61. The van der Waals surface area contributed by atoms with E-state index in [2.05, 4.69) is 27.4 Å². The highest BCUT2D eigenvalue weighted by Gasteiger charge is 2.59. The van der Waals surface area contributed by atoms with Gasteiger partial charge in [0.25, 0.3) is 0 Å². The molecular formula is C23H35FN4O. The number of aliphatic imine (C=N–C) groups is 1. The van der Waals surface area contributed by atoms with Crippen LogP contribution in [-0.2, 0) is 11.3 Å². The number of guanidine groups is 1. The Balaban J connectivity index is 1.23. The van der Waals surface area contributed by atoms with Crippen LogP contribution >= 0.6 is 0 Å². The van der Waals surface area contributed by atoms with E-state index in [1.807, 2.05) is 19.2 Å². The van der Waals surface area contributed by atoms with Crippen LogP contribution in [0.3, 0.4) is 0 Å². The standard InChI is InChI=1S/C23H35FN4O/c1-3-29-21-15-20(23(21)11-4-12-23)27-22(25-2)26-19-9-13-28(14-10-19)16-17-5-7-18(24)8-6-17/h5-8,19-21H,3-4,9-16H2,1-2H3,(H2,25,26,27). The van der Waals surface area contributed by atoms with Crippen molar-refractivity contribution in [1.29, 1.82) is 0 Å². The number of nitrogens with one attached hydrogen (secondary N) is 2. The van der Waals surface area contributed by atoms with Crippen molar-refractivity contribution in [2.75, 3.05) is 26.7 Å². The molecular weight excluding hydrogens is 367 g/mol. The molecule has 0 amide bonds. The van der Waals surface area contributed by atoms with Crippen molar-refractivity contribution in [2.24, 2.45) is 10.4 Å². The molecule has 29 heavy (non-hydrogen) atoms. The van der Waals surface area contributed by atoms with Gasteiger partial charge in [-0.05, 0) is 56.7 Å². The Hall–Kier alpha value is -1.66. The molecule has 0 radical (unpaired) electrons. The van der Waals surface area contributed by atoms with E-state index in [0.29, 0.717) is 23.6 Å². The number of hydrogen-bond donors (Lipinski definition) is 2. The summed E-state index contributed by atoms with van der Waals surface area (Å²) in [6.45, 7) is 5.89. The van der Waals surface area contributed by atoms with E-state index in [1.165, 1.54) is 24.8 Å². The van der Waals surface area contributed by atoms with Gasteiger partial charge in [0.05, 0.1) is 6.10 Å². The normalized spacial score (nSPS) is 27.3. The molecule has 6 heteroatoms. The van der Waals surface area contributed by atoms with Gasteiger partial charge < -0.3 is 15.4 Å². The van der Waals surface area contributed by atoms with Gasteiger partial charge in [-0.3, -0.25) is 9.89 Å². The van der Waals surface area contributed by atoms with Crippen LogP contribution in [0.1, 0.15) is 51.0 Å². The van der Waals surface area contributed by atoms with Crippen molar-refractivity contribution < 1.29 is 9.13 Å². The van der Waals surface area contributed by atoms with E-state index in [1.54, 1.807) is 12.1 Å². The second-order valence-electron chi connectivity index (χ2n) is 8.86. The first-order valence-electron chi connectivity index (χ1n) is 11.2. The number of benzene rings is 1. The molecule has 2 atom stereocenters. The maximum Gasteiger partial charge on any atom is 0.191 e. The zero-order valence-electron chi connectivity index (χ0n) is 17.8. The molecule has 3 aliphatic rings. The predicted molar refractivity (Wildman–Crippen MR) is 114 cm³/mol.